The second-order valence-electron chi connectivity index (χ2n) is 4.30. The molecule has 100 valence electrons. The first kappa shape index (κ1) is 13.5. The molecule has 0 radical (unpaired) electrons. The van der Waals surface area contributed by atoms with E-state index in [1.165, 1.54) is 19.1 Å². The van der Waals surface area contributed by atoms with E-state index < -0.39 is 11.6 Å². The SMILES string of the molecule is CCc1cccnc1OCc1cc(F)c(C)cc1F. The van der Waals surface area contributed by atoms with Crippen molar-refractivity contribution in [2.75, 3.05) is 0 Å². The lowest BCUT2D eigenvalue weighted by atomic mass is 10.1. The van der Waals surface area contributed by atoms with Crippen molar-refractivity contribution in [2.24, 2.45) is 0 Å². The summed E-state index contributed by atoms with van der Waals surface area (Å²) in [5.41, 5.74) is 1.42. The molecule has 0 amide bonds. The Kier molecular flexibility index (Phi) is 4.10. The molecule has 2 aromatic rings. The van der Waals surface area contributed by atoms with E-state index in [-0.39, 0.29) is 17.7 Å². The van der Waals surface area contributed by atoms with Gasteiger partial charge in [0.05, 0.1) is 0 Å². The van der Waals surface area contributed by atoms with Crippen LogP contribution in [-0.4, -0.2) is 4.98 Å². The van der Waals surface area contributed by atoms with E-state index in [2.05, 4.69) is 4.98 Å². The van der Waals surface area contributed by atoms with Crippen molar-refractivity contribution in [1.82, 2.24) is 4.98 Å². The summed E-state index contributed by atoms with van der Waals surface area (Å²) in [7, 11) is 0. The molecule has 0 aliphatic heterocycles. The fourth-order valence-electron chi connectivity index (χ4n) is 1.77. The molecule has 0 aliphatic carbocycles. The van der Waals surface area contributed by atoms with Crippen molar-refractivity contribution in [3.8, 4) is 5.88 Å². The number of aryl methyl sites for hydroxylation is 2. The van der Waals surface area contributed by atoms with Gasteiger partial charge in [0.1, 0.15) is 18.2 Å². The first-order valence-corrected chi connectivity index (χ1v) is 6.13. The lowest BCUT2D eigenvalue weighted by Crippen LogP contribution is -2.03. The van der Waals surface area contributed by atoms with E-state index in [0.29, 0.717) is 5.88 Å². The Hall–Kier alpha value is -1.97. The van der Waals surface area contributed by atoms with Gasteiger partial charge in [-0.25, -0.2) is 13.8 Å². The fourth-order valence-corrected chi connectivity index (χ4v) is 1.77. The second-order valence-corrected chi connectivity index (χ2v) is 4.30. The minimum atomic E-state index is -0.465. The molecule has 0 N–H and O–H groups in total. The minimum Gasteiger partial charge on any atom is -0.472 e. The standard InChI is InChI=1S/C15H15F2NO/c1-3-11-5-4-6-18-15(11)19-9-12-8-13(16)10(2)7-14(12)17/h4-8H,3,9H2,1-2H3. The van der Waals surface area contributed by atoms with Gasteiger partial charge in [-0.15, -0.1) is 0 Å². The van der Waals surface area contributed by atoms with Crippen LogP contribution < -0.4 is 4.74 Å². The molecule has 0 bridgehead atoms. The van der Waals surface area contributed by atoms with Crippen molar-refractivity contribution in [3.63, 3.8) is 0 Å². The van der Waals surface area contributed by atoms with Gasteiger partial charge in [-0.05, 0) is 37.1 Å². The predicted molar refractivity (Wildman–Crippen MR) is 69.0 cm³/mol. The highest BCUT2D eigenvalue weighted by Gasteiger charge is 2.09. The third kappa shape index (κ3) is 3.08. The van der Waals surface area contributed by atoms with Gasteiger partial charge >= 0.3 is 0 Å². The van der Waals surface area contributed by atoms with Crippen LogP contribution in [0.3, 0.4) is 0 Å². The van der Waals surface area contributed by atoms with E-state index in [1.54, 1.807) is 6.20 Å². The molecule has 4 heteroatoms. The van der Waals surface area contributed by atoms with Gasteiger partial charge in [0, 0.05) is 17.3 Å². The number of aromatic nitrogens is 1. The van der Waals surface area contributed by atoms with Crippen LogP contribution in [0.15, 0.2) is 30.5 Å². The summed E-state index contributed by atoms with van der Waals surface area (Å²) in [6.07, 6.45) is 2.38. The molecule has 19 heavy (non-hydrogen) atoms. The van der Waals surface area contributed by atoms with Crippen molar-refractivity contribution >= 4 is 0 Å². The summed E-state index contributed by atoms with van der Waals surface area (Å²) in [4.78, 5) is 4.10. The molecule has 0 atom stereocenters. The molecule has 0 spiro atoms. The van der Waals surface area contributed by atoms with Gasteiger partial charge in [-0.3, -0.25) is 0 Å². The Morgan fingerprint density at radius 1 is 1.16 bits per heavy atom. The second kappa shape index (κ2) is 5.78. The zero-order valence-corrected chi connectivity index (χ0v) is 10.9. The molecule has 0 fully saturated rings. The molecule has 1 aromatic heterocycles. The van der Waals surface area contributed by atoms with Crippen molar-refractivity contribution < 1.29 is 13.5 Å². The van der Waals surface area contributed by atoms with Crippen LogP contribution in [-0.2, 0) is 13.0 Å². The largest absolute Gasteiger partial charge is 0.472 e. The summed E-state index contributed by atoms with van der Waals surface area (Å²) in [5, 5.41) is 0. The van der Waals surface area contributed by atoms with Crippen LogP contribution in [0.5, 0.6) is 5.88 Å². The van der Waals surface area contributed by atoms with Crippen LogP contribution >= 0.6 is 0 Å². The molecule has 1 aromatic carbocycles. The van der Waals surface area contributed by atoms with Gasteiger partial charge in [-0.2, -0.15) is 0 Å². The highest BCUT2D eigenvalue weighted by Crippen LogP contribution is 2.19. The summed E-state index contributed by atoms with van der Waals surface area (Å²) in [6.45, 7) is 3.47. The number of halogens is 2. The zero-order chi connectivity index (χ0) is 13.8. The number of hydrogen-bond acceptors (Lipinski definition) is 2. The van der Waals surface area contributed by atoms with E-state index >= 15 is 0 Å². The number of pyridine rings is 1. The Balaban J connectivity index is 2.17. The summed E-state index contributed by atoms with van der Waals surface area (Å²) in [5.74, 6) is -0.435. The summed E-state index contributed by atoms with van der Waals surface area (Å²) >= 11 is 0. The average Bonchev–Trinajstić information content (AvgIpc) is 2.41. The molecule has 1 heterocycles. The first-order chi connectivity index (χ1) is 9.11. The maximum absolute atomic E-state index is 13.6. The van der Waals surface area contributed by atoms with Gasteiger partial charge < -0.3 is 4.74 Å². The molecule has 2 nitrogen and oxygen atoms in total. The zero-order valence-electron chi connectivity index (χ0n) is 10.9. The van der Waals surface area contributed by atoms with E-state index in [4.69, 9.17) is 4.74 Å². The van der Waals surface area contributed by atoms with Gasteiger partial charge in [-0.1, -0.05) is 13.0 Å². The number of nitrogens with zero attached hydrogens (tertiary/aromatic N) is 1. The predicted octanol–water partition coefficient (Wildman–Crippen LogP) is 3.81. The number of rotatable bonds is 4. The van der Waals surface area contributed by atoms with Crippen molar-refractivity contribution in [3.05, 3.63) is 58.8 Å². The van der Waals surface area contributed by atoms with Gasteiger partial charge in [0.25, 0.3) is 0 Å². The number of hydrogen-bond donors (Lipinski definition) is 0. The van der Waals surface area contributed by atoms with Gasteiger partial charge in [0.2, 0.25) is 5.88 Å². The smallest absolute Gasteiger partial charge is 0.216 e. The highest BCUT2D eigenvalue weighted by atomic mass is 19.1. The number of ether oxygens (including phenoxy) is 1. The Morgan fingerprint density at radius 2 is 1.95 bits per heavy atom. The van der Waals surface area contributed by atoms with Crippen LogP contribution in [0.2, 0.25) is 0 Å². The topological polar surface area (TPSA) is 22.1 Å². The highest BCUT2D eigenvalue weighted by molar-refractivity contribution is 5.27. The summed E-state index contributed by atoms with van der Waals surface area (Å²) < 4.78 is 32.5. The third-order valence-electron chi connectivity index (χ3n) is 2.92. The molecule has 0 saturated heterocycles. The monoisotopic (exact) mass is 263 g/mol. The van der Waals surface area contributed by atoms with Crippen molar-refractivity contribution in [1.29, 1.82) is 0 Å². The normalized spacial score (nSPS) is 10.5. The molecular weight excluding hydrogens is 248 g/mol. The summed E-state index contributed by atoms with van der Waals surface area (Å²) in [6, 6.07) is 6.05. The molecule has 0 unspecified atom stereocenters. The maximum Gasteiger partial charge on any atom is 0.216 e. The van der Waals surface area contributed by atoms with E-state index in [0.717, 1.165) is 12.0 Å². The Morgan fingerprint density at radius 3 is 2.68 bits per heavy atom. The molecular formula is C15H15F2NO. The molecule has 2 rings (SSSR count). The van der Waals surface area contributed by atoms with Gasteiger partial charge in [0.15, 0.2) is 0 Å². The fraction of sp³-hybridized carbons (Fsp3) is 0.267. The number of benzene rings is 1. The average molecular weight is 263 g/mol. The quantitative estimate of drug-likeness (QED) is 0.836. The minimum absolute atomic E-state index is 0.0347. The van der Waals surface area contributed by atoms with Crippen LogP contribution in [0, 0.1) is 18.6 Å². The van der Waals surface area contributed by atoms with Crippen LogP contribution in [0.4, 0.5) is 8.78 Å². The first-order valence-electron chi connectivity index (χ1n) is 6.13. The third-order valence-corrected chi connectivity index (χ3v) is 2.92. The Bertz CT molecular complexity index is 584. The Labute approximate surface area is 111 Å². The molecule has 0 saturated carbocycles. The van der Waals surface area contributed by atoms with E-state index in [9.17, 15) is 8.78 Å². The van der Waals surface area contributed by atoms with Crippen LogP contribution in [0.1, 0.15) is 23.6 Å². The lowest BCUT2D eigenvalue weighted by molar-refractivity contribution is 0.284. The maximum atomic E-state index is 13.6. The lowest BCUT2D eigenvalue weighted by Gasteiger charge is -2.10. The van der Waals surface area contributed by atoms with E-state index in [1.807, 2.05) is 19.1 Å². The van der Waals surface area contributed by atoms with Crippen molar-refractivity contribution in [2.45, 2.75) is 26.9 Å². The van der Waals surface area contributed by atoms with Crippen LogP contribution in [0.25, 0.3) is 0 Å². The molecule has 0 aliphatic rings.